The molecule has 0 bridgehead atoms. The lowest BCUT2D eigenvalue weighted by molar-refractivity contribution is -0.489. The number of rotatable bonds is 8. The van der Waals surface area contributed by atoms with Crippen LogP contribution in [0.1, 0.15) is 38.2 Å². The van der Waals surface area contributed by atoms with Crippen LogP contribution in [0.4, 0.5) is 0 Å². The van der Waals surface area contributed by atoms with Crippen LogP contribution in [0.3, 0.4) is 0 Å². The van der Waals surface area contributed by atoms with Crippen LogP contribution in [0, 0.1) is 16.0 Å². The van der Waals surface area contributed by atoms with Crippen LogP contribution in [0.25, 0.3) is 0 Å². The zero-order valence-electron chi connectivity index (χ0n) is 12.3. The third-order valence-corrected chi connectivity index (χ3v) is 3.72. The summed E-state index contributed by atoms with van der Waals surface area (Å²) >= 11 is 5.87. The lowest BCUT2D eigenvalue weighted by atomic mass is 9.82. The topological polar surface area (TPSA) is 69.4 Å². The van der Waals surface area contributed by atoms with Gasteiger partial charge in [0.1, 0.15) is 0 Å². The van der Waals surface area contributed by atoms with Crippen LogP contribution in [-0.4, -0.2) is 24.0 Å². The molecule has 0 aliphatic rings. The van der Waals surface area contributed by atoms with Gasteiger partial charge in [0.05, 0.1) is 13.0 Å². The van der Waals surface area contributed by atoms with E-state index in [1.165, 1.54) is 0 Å². The Bertz CT molecular complexity index is 475. The van der Waals surface area contributed by atoms with Crippen molar-refractivity contribution in [2.45, 2.75) is 32.6 Å². The number of nitro groups is 1. The first-order chi connectivity index (χ1) is 9.97. The number of esters is 1. The summed E-state index contributed by atoms with van der Waals surface area (Å²) in [6.07, 6.45) is 0.759. The highest BCUT2D eigenvalue weighted by Gasteiger charge is 2.28. The Morgan fingerprint density at radius 2 is 1.95 bits per heavy atom. The number of hydrogen-bond donors (Lipinski definition) is 0. The molecule has 0 N–H and O–H groups in total. The number of nitrogens with zero attached hydrogens (tertiary/aromatic N) is 1. The van der Waals surface area contributed by atoms with Crippen LogP contribution < -0.4 is 0 Å². The number of ether oxygens (including phenoxy) is 1. The average molecular weight is 314 g/mol. The van der Waals surface area contributed by atoms with Gasteiger partial charge < -0.3 is 4.74 Å². The average Bonchev–Trinajstić information content (AvgIpc) is 2.43. The molecule has 6 heteroatoms. The summed E-state index contributed by atoms with van der Waals surface area (Å²) in [7, 11) is 0. The van der Waals surface area contributed by atoms with E-state index in [0.29, 0.717) is 18.1 Å². The van der Waals surface area contributed by atoms with Gasteiger partial charge in [0, 0.05) is 21.8 Å². The van der Waals surface area contributed by atoms with Crippen LogP contribution in [-0.2, 0) is 9.53 Å². The number of halogens is 1. The van der Waals surface area contributed by atoms with Gasteiger partial charge in [-0.15, -0.1) is 0 Å². The first-order valence-corrected chi connectivity index (χ1v) is 7.38. The Labute approximate surface area is 129 Å². The van der Waals surface area contributed by atoms with Crippen LogP contribution >= 0.6 is 11.6 Å². The molecule has 2 atom stereocenters. The molecule has 0 spiro atoms. The van der Waals surface area contributed by atoms with Crippen molar-refractivity contribution in [2.24, 2.45) is 5.92 Å². The molecular formula is C15H20ClNO4. The molecular weight excluding hydrogens is 294 g/mol. The summed E-state index contributed by atoms with van der Waals surface area (Å²) < 4.78 is 4.98. The van der Waals surface area contributed by atoms with Gasteiger partial charge in [-0.3, -0.25) is 14.9 Å². The van der Waals surface area contributed by atoms with Crippen molar-refractivity contribution in [3.05, 3.63) is 45.0 Å². The van der Waals surface area contributed by atoms with E-state index in [1.807, 2.05) is 19.1 Å². The third-order valence-electron chi connectivity index (χ3n) is 3.47. The van der Waals surface area contributed by atoms with Gasteiger partial charge in [-0.25, -0.2) is 0 Å². The fraction of sp³-hybridized carbons (Fsp3) is 0.533. The molecule has 21 heavy (non-hydrogen) atoms. The van der Waals surface area contributed by atoms with Gasteiger partial charge in [-0.05, 0) is 31.0 Å². The lowest BCUT2D eigenvalue weighted by Gasteiger charge is -2.23. The van der Waals surface area contributed by atoms with E-state index in [2.05, 4.69) is 0 Å². The molecule has 0 unspecified atom stereocenters. The second-order valence-electron chi connectivity index (χ2n) is 4.85. The molecule has 1 aromatic carbocycles. The number of carbonyl (C=O) groups excluding carboxylic acids is 1. The Morgan fingerprint density at radius 1 is 1.33 bits per heavy atom. The second-order valence-corrected chi connectivity index (χ2v) is 5.29. The second kappa shape index (κ2) is 8.62. The highest BCUT2D eigenvalue weighted by molar-refractivity contribution is 6.30. The molecule has 0 fully saturated rings. The predicted octanol–water partition coefficient (Wildman–Crippen LogP) is 3.68. The molecule has 0 heterocycles. The van der Waals surface area contributed by atoms with Crippen molar-refractivity contribution in [2.75, 3.05) is 13.2 Å². The monoisotopic (exact) mass is 313 g/mol. The Morgan fingerprint density at radius 3 is 2.43 bits per heavy atom. The molecule has 5 nitrogen and oxygen atoms in total. The number of benzene rings is 1. The third kappa shape index (κ3) is 5.71. The maximum Gasteiger partial charge on any atom is 0.306 e. The molecule has 116 valence electrons. The quantitative estimate of drug-likeness (QED) is 0.417. The van der Waals surface area contributed by atoms with Crippen molar-refractivity contribution < 1.29 is 14.5 Å². The minimum absolute atomic E-state index is 0.141. The van der Waals surface area contributed by atoms with E-state index in [-0.39, 0.29) is 35.7 Å². The summed E-state index contributed by atoms with van der Waals surface area (Å²) in [4.78, 5) is 22.3. The minimum Gasteiger partial charge on any atom is -0.466 e. The van der Waals surface area contributed by atoms with Crippen LogP contribution in [0.15, 0.2) is 24.3 Å². The van der Waals surface area contributed by atoms with E-state index in [1.54, 1.807) is 19.1 Å². The predicted molar refractivity (Wildman–Crippen MR) is 81.1 cm³/mol. The molecule has 0 saturated carbocycles. The van der Waals surface area contributed by atoms with E-state index >= 15 is 0 Å². The highest BCUT2D eigenvalue weighted by Crippen LogP contribution is 2.32. The minimum atomic E-state index is -0.334. The maximum atomic E-state index is 11.8. The molecule has 0 aliphatic carbocycles. The lowest BCUT2D eigenvalue weighted by Crippen LogP contribution is -2.24. The molecule has 1 aromatic rings. The molecule has 0 radical (unpaired) electrons. The first kappa shape index (κ1) is 17.4. The Hall–Kier alpha value is -1.62. The Kier molecular flexibility index (Phi) is 7.15. The Balaban J connectivity index is 2.99. The summed E-state index contributed by atoms with van der Waals surface area (Å²) in [6, 6.07) is 7.09. The number of carbonyl (C=O) groups is 1. The van der Waals surface area contributed by atoms with Crippen molar-refractivity contribution in [3.63, 3.8) is 0 Å². The molecule has 0 saturated heterocycles. The molecule has 1 rings (SSSR count). The van der Waals surface area contributed by atoms with E-state index < -0.39 is 0 Å². The zero-order chi connectivity index (χ0) is 15.8. The summed E-state index contributed by atoms with van der Waals surface area (Å²) in [5.41, 5.74) is 0.876. The SMILES string of the molecule is CCOC(=O)C[C@H](c1ccc(Cl)cc1)[C@@H](CC)C[N+](=O)[O-]. The van der Waals surface area contributed by atoms with Gasteiger partial charge in [-0.2, -0.15) is 0 Å². The van der Waals surface area contributed by atoms with Crippen LogP contribution in [0.5, 0.6) is 0 Å². The largest absolute Gasteiger partial charge is 0.466 e. The van der Waals surface area contributed by atoms with Gasteiger partial charge in [0.2, 0.25) is 6.54 Å². The van der Waals surface area contributed by atoms with E-state index in [9.17, 15) is 14.9 Å². The maximum absolute atomic E-state index is 11.8. The van der Waals surface area contributed by atoms with Crippen molar-refractivity contribution in [1.29, 1.82) is 0 Å². The summed E-state index contributed by atoms with van der Waals surface area (Å²) in [5.74, 6) is -0.790. The fourth-order valence-electron chi connectivity index (χ4n) is 2.40. The molecule has 0 aliphatic heterocycles. The summed E-state index contributed by atoms with van der Waals surface area (Å²) in [5, 5.41) is 11.4. The van der Waals surface area contributed by atoms with E-state index in [0.717, 1.165) is 5.56 Å². The standard InChI is InChI=1S/C15H20ClNO4/c1-3-11(10-17(19)20)14(9-15(18)21-4-2)12-5-7-13(16)8-6-12/h5-8,11,14H,3-4,9-10H2,1-2H3/t11-,14-/m0/s1. The zero-order valence-corrected chi connectivity index (χ0v) is 13.0. The summed E-state index contributed by atoms with van der Waals surface area (Å²) in [6.45, 7) is 3.77. The van der Waals surface area contributed by atoms with Crippen LogP contribution in [0.2, 0.25) is 5.02 Å². The molecule has 0 aromatic heterocycles. The van der Waals surface area contributed by atoms with Crippen molar-refractivity contribution in [3.8, 4) is 0 Å². The number of hydrogen-bond acceptors (Lipinski definition) is 4. The first-order valence-electron chi connectivity index (χ1n) is 7.00. The van der Waals surface area contributed by atoms with Gasteiger partial charge in [-0.1, -0.05) is 30.7 Å². The van der Waals surface area contributed by atoms with Gasteiger partial charge >= 0.3 is 5.97 Å². The molecule has 0 amide bonds. The van der Waals surface area contributed by atoms with Gasteiger partial charge in [0.15, 0.2) is 0 Å². The van der Waals surface area contributed by atoms with Gasteiger partial charge in [0.25, 0.3) is 0 Å². The fourth-order valence-corrected chi connectivity index (χ4v) is 2.52. The van der Waals surface area contributed by atoms with Crippen molar-refractivity contribution in [1.82, 2.24) is 0 Å². The highest BCUT2D eigenvalue weighted by atomic mass is 35.5. The smallest absolute Gasteiger partial charge is 0.306 e. The van der Waals surface area contributed by atoms with E-state index in [4.69, 9.17) is 16.3 Å². The normalized spacial score (nSPS) is 13.5. The van der Waals surface area contributed by atoms with Crippen molar-refractivity contribution >= 4 is 17.6 Å².